The van der Waals surface area contributed by atoms with Crippen LogP contribution in [-0.4, -0.2) is 4.98 Å². The summed E-state index contributed by atoms with van der Waals surface area (Å²) in [6.07, 6.45) is 1.79. The van der Waals surface area contributed by atoms with Gasteiger partial charge in [0, 0.05) is 33.1 Å². The maximum atomic E-state index is 5.80. The average Bonchev–Trinajstić information content (AvgIpc) is 2.43. The largest absolute Gasteiger partial charge is 0.399 e. The normalized spacial score (nSPS) is 10.7. The Hall–Kier alpha value is -2.07. The fraction of sp³-hybridized carbons (Fsp3) is 0.0625. The second-order valence-corrected chi connectivity index (χ2v) is 5.64. The number of halogens is 1. The van der Waals surface area contributed by atoms with Gasteiger partial charge in [0.25, 0.3) is 0 Å². The van der Waals surface area contributed by atoms with Crippen molar-refractivity contribution in [1.82, 2.24) is 4.98 Å². The summed E-state index contributed by atoms with van der Waals surface area (Å²) < 4.78 is 1.05. The van der Waals surface area contributed by atoms with Gasteiger partial charge in [-0.15, -0.1) is 0 Å². The van der Waals surface area contributed by atoms with Crippen molar-refractivity contribution in [1.29, 1.82) is 0 Å². The predicted octanol–water partition coefficient (Wildman–Crippen LogP) is 4.63. The Morgan fingerprint density at radius 2 is 1.90 bits per heavy atom. The molecule has 1 aromatic heterocycles. The first-order valence-electron chi connectivity index (χ1n) is 6.31. The number of fused-ring (bicyclic) bond motifs is 1. The highest BCUT2D eigenvalue weighted by atomic mass is 79.9. The van der Waals surface area contributed by atoms with E-state index in [0.717, 1.165) is 32.4 Å². The molecule has 0 saturated carbocycles. The minimum Gasteiger partial charge on any atom is -0.399 e. The van der Waals surface area contributed by atoms with Crippen LogP contribution in [-0.2, 0) is 0 Å². The van der Waals surface area contributed by atoms with Gasteiger partial charge in [0.15, 0.2) is 0 Å². The number of aromatic nitrogens is 1. The molecule has 20 heavy (non-hydrogen) atoms. The summed E-state index contributed by atoms with van der Waals surface area (Å²) in [5.41, 5.74) is 10.7. The van der Waals surface area contributed by atoms with Crippen LogP contribution in [0, 0.1) is 6.92 Å². The Balaban J connectivity index is 2.09. The highest BCUT2D eigenvalue weighted by Gasteiger charge is 2.05. The molecule has 0 saturated heterocycles. The van der Waals surface area contributed by atoms with Crippen molar-refractivity contribution in [3.8, 4) is 0 Å². The number of rotatable bonds is 2. The second kappa shape index (κ2) is 5.13. The van der Waals surface area contributed by atoms with Gasteiger partial charge in [0.1, 0.15) is 0 Å². The van der Waals surface area contributed by atoms with E-state index in [2.05, 4.69) is 45.3 Å². The lowest BCUT2D eigenvalue weighted by atomic mass is 10.1. The summed E-state index contributed by atoms with van der Waals surface area (Å²) in [7, 11) is 0. The van der Waals surface area contributed by atoms with Gasteiger partial charge >= 0.3 is 0 Å². The van der Waals surface area contributed by atoms with Crippen molar-refractivity contribution in [2.45, 2.75) is 6.92 Å². The Labute approximate surface area is 126 Å². The van der Waals surface area contributed by atoms with Crippen LogP contribution in [0.5, 0.6) is 0 Å². The molecule has 3 N–H and O–H groups in total. The van der Waals surface area contributed by atoms with Gasteiger partial charge in [-0.1, -0.05) is 22.0 Å². The van der Waals surface area contributed by atoms with E-state index in [9.17, 15) is 0 Å². The number of nitrogens with two attached hydrogens (primary N) is 1. The molecule has 3 nitrogen and oxygen atoms in total. The lowest BCUT2D eigenvalue weighted by molar-refractivity contribution is 1.39. The van der Waals surface area contributed by atoms with Gasteiger partial charge in [-0.3, -0.25) is 4.98 Å². The molecule has 100 valence electrons. The van der Waals surface area contributed by atoms with E-state index in [-0.39, 0.29) is 0 Å². The van der Waals surface area contributed by atoms with Crippen molar-refractivity contribution >= 4 is 43.9 Å². The molecule has 3 aromatic rings. The maximum absolute atomic E-state index is 5.80. The lowest BCUT2D eigenvalue weighted by Gasteiger charge is -2.12. The van der Waals surface area contributed by atoms with Gasteiger partial charge < -0.3 is 11.1 Å². The molecule has 0 unspecified atom stereocenters. The smallest absolute Gasteiger partial charge is 0.0743 e. The molecule has 0 fully saturated rings. The van der Waals surface area contributed by atoms with Crippen LogP contribution in [0.15, 0.2) is 53.1 Å². The van der Waals surface area contributed by atoms with Crippen molar-refractivity contribution in [3.63, 3.8) is 0 Å². The number of nitrogen functional groups attached to an aromatic ring is 1. The van der Waals surface area contributed by atoms with E-state index in [4.69, 9.17) is 5.73 Å². The van der Waals surface area contributed by atoms with Crippen LogP contribution in [0.2, 0.25) is 0 Å². The van der Waals surface area contributed by atoms with E-state index < -0.39 is 0 Å². The van der Waals surface area contributed by atoms with E-state index in [1.165, 1.54) is 5.56 Å². The van der Waals surface area contributed by atoms with Crippen molar-refractivity contribution in [2.24, 2.45) is 0 Å². The van der Waals surface area contributed by atoms with Crippen LogP contribution in [0.4, 0.5) is 17.1 Å². The summed E-state index contributed by atoms with van der Waals surface area (Å²) in [4.78, 5) is 4.36. The van der Waals surface area contributed by atoms with Gasteiger partial charge in [0.05, 0.1) is 5.52 Å². The number of aryl methyl sites for hydroxylation is 1. The first-order chi connectivity index (χ1) is 9.63. The number of nitrogens with one attached hydrogen (secondary N) is 1. The van der Waals surface area contributed by atoms with Gasteiger partial charge in [-0.2, -0.15) is 0 Å². The molecule has 0 aliphatic carbocycles. The third-order valence-electron chi connectivity index (χ3n) is 3.24. The Morgan fingerprint density at radius 1 is 1.05 bits per heavy atom. The zero-order valence-electron chi connectivity index (χ0n) is 11.0. The fourth-order valence-electron chi connectivity index (χ4n) is 2.15. The van der Waals surface area contributed by atoms with E-state index in [0.29, 0.717) is 0 Å². The Kier molecular flexibility index (Phi) is 3.32. The quantitative estimate of drug-likeness (QED) is 0.674. The van der Waals surface area contributed by atoms with E-state index in [1.54, 1.807) is 6.20 Å². The van der Waals surface area contributed by atoms with Gasteiger partial charge in [0.2, 0.25) is 0 Å². The molecule has 4 heteroatoms. The topological polar surface area (TPSA) is 50.9 Å². The van der Waals surface area contributed by atoms with Crippen LogP contribution in [0.1, 0.15) is 5.56 Å². The number of anilines is 3. The number of hydrogen-bond donors (Lipinski definition) is 2. The molecular formula is C16H14BrN3. The van der Waals surface area contributed by atoms with E-state index >= 15 is 0 Å². The Morgan fingerprint density at radius 3 is 2.75 bits per heavy atom. The third kappa shape index (κ3) is 2.47. The second-order valence-electron chi connectivity index (χ2n) is 4.72. The molecule has 0 bridgehead atoms. The van der Waals surface area contributed by atoms with Gasteiger partial charge in [-0.05, 0) is 48.9 Å². The average molecular weight is 328 g/mol. The lowest BCUT2D eigenvalue weighted by Crippen LogP contribution is -1.95. The van der Waals surface area contributed by atoms with Crippen LogP contribution in [0.3, 0.4) is 0 Å². The van der Waals surface area contributed by atoms with Crippen molar-refractivity contribution in [2.75, 3.05) is 11.1 Å². The predicted molar refractivity (Wildman–Crippen MR) is 88.3 cm³/mol. The minimum absolute atomic E-state index is 0.723. The van der Waals surface area contributed by atoms with Gasteiger partial charge in [-0.25, -0.2) is 0 Å². The minimum atomic E-state index is 0.723. The summed E-state index contributed by atoms with van der Waals surface area (Å²) in [5.74, 6) is 0. The molecular weight excluding hydrogens is 314 g/mol. The number of benzene rings is 2. The molecule has 0 aliphatic heterocycles. The molecule has 2 aromatic carbocycles. The summed E-state index contributed by atoms with van der Waals surface area (Å²) in [5, 5.41) is 4.52. The SMILES string of the molecule is Cc1ccc(Br)cc1Nc1ccnc2cc(N)ccc12. The Bertz CT molecular complexity index is 784. The first kappa shape index (κ1) is 12.9. The maximum Gasteiger partial charge on any atom is 0.0743 e. The summed E-state index contributed by atoms with van der Waals surface area (Å²) in [6, 6.07) is 13.9. The zero-order chi connectivity index (χ0) is 14.1. The van der Waals surface area contributed by atoms with Crippen molar-refractivity contribution < 1.29 is 0 Å². The molecule has 0 atom stereocenters. The van der Waals surface area contributed by atoms with Crippen molar-refractivity contribution in [3.05, 3.63) is 58.7 Å². The third-order valence-corrected chi connectivity index (χ3v) is 3.73. The first-order valence-corrected chi connectivity index (χ1v) is 7.10. The number of pyridine rings is 1. The molecule has 0 spiro atoms. The molecule has 1 heterocycles. The highest BCUT2D eigenvalue weighted by molar-refractivity contribution is 9.10. The molecule has 3 rings (SSSR count). The zero-order valence-corrected chi connectivity index (χ0v) is 12.6. The van der Waals surface area contributed by atoms with Crippen LogP contribution in [0.25, 0.3) is 10.9 Å². The monoisotopic (exact) mass is 327 g/mol. The van der Waals surface area contributed by atoms with Crippen LogP contribution >= 0.6 is 15.9 Å². The summed E-state index contributed by atoms with van der Waals surface area (Å²) in [6.45, 7) is 2.08. The molecule has 0 amide bonds. The fourth-order valence-corrected chi connectivity index (χ4v) is 2.51. The molecule has 0 radical (unpaired) electrons. The van der Waals surface area contributed by atoms with Crippen LogP contribution < -0.4 is 11.1 Å². The number of nitrogens with zero attached hydrogens (tertiary/aromatic N) is 1. The number of hydrogen-bond acceptors (Lipinski definition) is 3. The standard InChI is InChI=1S/C16H14BrN3/c1-10-2-3-11(17)8-15(10)20-14-6-7-19-16-9-12(18)4-5-13(14)16/h2-9H,18H2,1H3,(H,19,20). The molecule has 0 aliphatic rings. The summed E-state index contributed by atoms with van der Waals surface area (Å²) >= 11 is 3.50. The highest BCUT2D eigenvalue weighted by Crippen LogP contribution is 2.29. The van der Waals surface area contributed by atoms with E-state index in [1.807, 2.05) is 30.3 Å².